The summed E-state index contributed by atoms with van der Waals surface area (Å²) in [5.41, 5.74) is 0. The Balaban J connectivity index is 2.61. The van der Waals surface area contributed by atoms with Gasteiger partial charge in [-0.15, -0.1) is 0 Å². The maximum Gasteiger partial charge on any atom is 0.138 e. The van der Waals surface area contributed by atoms with Gasteiger partial charge in [-0.25, -0.2) is 4.98 Å². The van der Waals surface area contributed by atoms with Gasteiger partial charge >= 0.3 is 0 Å². The maximum absolute atomic E-state index is 4.43. The van der Waals surface area contributed by atoms with Gasteiger partial charge in [-0.3, -0.25) is 4.68 Å². The molecule has 0 fully saturated rings. The van der Waals surface area contributed by atoms with Gasteiger partial charge < -0.3 is 5.32 Å². The molecule has 2 unspecified atom stereocenters. The van der Waals surface area contributed by atoms with E-state index in [0.29, 0.717) is 6.04 Å². The van der Waals surface area contributed by atoms with Crippen LogP contribution in [0.25, 0.3) is 0 Å². The monoisotopic (exact) mass is 266 g/mol. The van der Waals surface area contributed by atoms with Gasteiger partial charge in [0.05, 0.1) is 0 Å². The van der Waals surface area contributed by atoms with Crippen molar-refractivity contribution in [3.63, 3.8) is 0 Å². The first kappa shape index (κ1) is 16.2. The third kappa shape index (κ3) is 5.72. The van der Waals surface area contributed by atoms with Crippen molar-refractivity contribution in [1.82, 2.24) is 20.1 Å². The highest BCUT2D eigenvalue weighted by Crippen LogP contribution is 2.13. The predicted molar refractivity (Wildman–Crippen MR) is 80.2 cm³/mol. The molecule has 0 aliphatic rings. The molecule has 2 atom stereocenters. The van der Waals surface area contributed by atoms with Crippen molar-refractivity contribution >= 4 is 0 Å². The van der Waals surface area contributed by atoms with Crippen LogP contribution in [-0.4, -0.2) is 27.4 Å². The van der Waals surface area contributed by atoms with Crippen molar-refractivity contribution < 1.29 is 0 Å². The topological polar surface area (TPSA) is 42.7 Å². The van der Waals surface area contributed by atoms with Crippen LogP contribution in [0, 0.1) is 5.92 Å². The van der Waals surface area contributed by atoms with Gasteiger partial charge in [-0.1, -0.05) is 34.1 Å². The summed E-state index contributed by atoms with van der Waals surface area (Å²) in [5.74, 6) is 1.88. The van der Waals surface area contributed by atoms with Gasteiger partial charge in [-0.05, 0) is 31.7 Å². The summed E-state index contributed by atoms with van der Waals surface area (Å²) in [7, 11) is 0. The number of aryl methyl sites for hydroxylation is 1. The molecule has 0 amide bonds. The molecule has 0 aliphatic heterocycles. The molecule has 110 valence electrons. The van der Waals surface area contributed by atoms with Crippen LogP contribution in [0.5, 0.6) is 0 Å². The molecular weight excluding hydrogens is 236 g/mol. The highest BCUT2D eigenvalue weighted by molar-refractivity contribution is 4.90. The number of nitrogens with zero attached hydrogens (tertiary/aromatic N) is 3. The molecule has 1 aromatic heterocycles. The molecule has 0 bridgehead atoms. The highest BCUT2D eigenvalue weighted by atomic mass is 15.3. The van der Waals surface area contributed by atoms with E-state index in [9.17, 15) is 0 Å². The molecule has 19 heavy (non-hydrogen) atoms. The lowest BCUT2D eigenvalue weighted by Gasteiger charge is -2.21. The van der Waals surface area contributed by atoms with Crippen LogP contribution in [0.4, 0.5) is 0 Å². The first-order valence-corrected chi connectivity index (χ1v) is 7.81. The zero-order valence-corrected chi connectivity index (χ0v) is 13.0. The Kier molecular flexibility index (Phi) is 7.72. The second-order valence-electron chi connectivity index (χ2n) is 5.50. The number of rotatable bonds is 10. The summed E-state index contributed by atoms with van der Waals surface area (Å²) in [6.07, 6.45) is 7.42. The van der Waals surface area contributed by atoms with E-state index < -0.39 is 0 Å². The van der Waals surface area contributed by atoms with E-state index in [0.717, 1.165) is 37.7 Å². The third-order valence-electron chi connectivity index (χ3n) is 3.63. The van der Waals surface area contributed by atoms with Crippen LogP contribution in [0.1, 0.15) is 59.2 Å². The minimum Gasteiger partial charge on any atom is -0.314 e. The molecule has 4 heteroatoms. The van der Waals surface area contributed by atoms with Gasteiger partial charge in [0.15, 0.2) is 0 Å². The largest absolute Gasteiger partial charge is 0.314 e. The minimum atomic E-state index is 0.523. The third-order valence-corrected chi connectivity index (χ3v) is 3.63. The predicted octanol–water partition coefficient (Wildman–Crippen LogP) is 3.04. The molecule has 0 saturated carbocycles. The van der Waals surface area contributed by atoms with Gasteiger partial charge in [0.2, 0.25) is 0 Å². The average molecular weight is 266 g/mol. The molecule has 4 nitrogen and oxygen atoms in total. The normalized spacial score (nSPS) is 14.5. The molecular formula is C15H30N4. The zero-order chi connectivity index (χ0) is 14.1. The van der Waals surface area contributed by atoms with E-state index >= 15 is 0 Å². The standard InChI is InChI=1S/C15H30N4/c1-5-8-16-14(10-13(4)7-3)11-15-17-12-18-19(15)9-6-2/h12-14,16H,5-11H2,1-4H3. The van der Waals surface area contributed by atoms with Gasteiger partial charge in [0, 0.05) is 19.0 Å². The lowest BCUT2D eigenvalue weighted by Crippen LogP contribution is -2.34. The number of hydrogen-bond acceptors (Lipinski definition) is 3. The van der Waals surface area contributed by atoms with E-state index in [4.69, 9.17) is 0 Å². The van der Waals surface area contributed by atoms with E-state index in [2.05, 4.69) is 47.8 Å². The summed E-state index contributed by atoms with van der Waals surface area (Å²) in [6.45, 7) is 11.0. The maximum atomic E-state index is 4.43. The fraction of sp³-hybridized carbons (Fsp3) is 0.867. The summed E-state index contributed by atoms with van der Waals surface area (Å²) in [5, 5.41) is 7.98. The van der Waals surface area contributed by atoms with Gasteiger partial charge in [0.25, 0.3) is 0 Å². The quantitative estimate of drug-likeness (QED) is 0.708. The Morgan fingerprint density at radius 3 is 2.68 bits per heavy atom. The SMILES string of the molecule is CCCNC(Cc1ncnn1CCC)CC(C)CC. The molecule has 0 aliphatic carbocycles. The van der Waals surface area contributed by atoms with Crippen LogP contribution in [0.3, 0.4) is 0 Å². The Labute approximate surface area is 118 Å². The van der Waals surface area contributed by atoms with Crippen LogP contribution in [-0.2, 0) is 13.0 Å². The summed E-state index contributed by atoms with van der Waals surface area (Å²) >= 11 is 0. The summed E-state index contributed by atoms with van der Waals surface area (Å²) in [4.78, 5) is 4.43. The average Bonchev–Trinajstić information content (AvgIpc) is 2.83. The van der Waals surface area contributed by atoms with Crippen LogP contribution in [0.2, 0.25) is 0 Å². The minimum absolute atomic E-state index is 0.523. The summed E-state index contributed by atoms with van der Waals surface area (Å²) in [6, 6.07) is 0.523. The van der Waals surface area contributed by atoms with E-state index in [-0.39, 0.29) is 0 Å². The Morgan fingerprint density at radius 1 is 1.26 bits per heavy atom. The number of hydrogen-bond donors (Lipinski definition) is 1. The Hall–Kier alpha value is -0.900. The smallest absolute Gasteiger partial charge is 0.138 e. The molecule has 0 spiro atoms. The molecule has 1 N–H and O–H groups in total. The fourth-order valence-electron chi connectivity index (χ4n) is 2.30. The van der Waals surface area contributed by atoms with Crippen molar-refractivity contribution in [2.45, 2.75) is 72.4 Å². The second-order valence-corrected chi connectivity index (χ2v) is 5.50. The van der Waals surface area contributed by atoms with Crippen LogP contribution >= 0.6 is 0 Å². The molecule has 0 radical (unpaired) electrons. The van der Waals surface area contributed by atoms with Crippen molar-refractivity contribution in [3.05, 3.63) is 12.2 Å². The molecule has 0 saturated heterocycles. The molecule has 0 aromatic carbocycles. The van der Waals surface area contributed by atoms with E-state index in [1.54, 1.807) is 6.33 Å². The number of aromatic nitrogens is 3. The van der Waals surface area contributed by atoms with Gasteiger partial charge in [-0.2, -0.15) is 5.10 Å². The van der Waals surface area contributed by atoms with Crippen molar-refractivity contribution in [2.24, 2.45) is 5.92 Å². The fourth-order valence-corrected chi connectivity index (χ4v) is 2.30. The lowest BCUT2D eigenvalue weighted by molar-refractivity contribution is 0.380. The van der Waals surface area contributed by atoms with Crippen molar-refractivity contribution in [3.8, 4) is 0 Å². The molecule has 1 rings (SSSR count). The first-order chi connectivity index (χ1) is 9.21. The number of nitrogens with one attached hydrogen (secondary N) is 1. The molecule has 1 heterocycles. The second kappa shape index (κ2) is 9.08. The lowest BCUT2D eigenvalue weighted by atomic mass is 9.97. The summed E-state index contributed by atoms with van der Waals surface area (Å²) < 4.78 is 2.05. The van der Waals surface area contributed by atoms with Gasteiger partial charge in [0.1, 0.15) is 12.2 Å². The first-order valence-electron chi connectivity index (χ1n) is 7.81. The molecule has 1 aromatic rings. The van der Waals surface area contributed by atoms with Crippen molar-refractivity contribution in [1.29, 1.82) is 0 Å². The Morgan fingerprint density at radius 2 is 2.05 bits per heavy atom. The zero-order valence-electron chi connectivity index (χ0n) is 13.0. The van der Waals surface area contributed by atoms with E-state index in [1.165, 1.54) is 19.3 Å². The van der Waals surface area contributed by atoms with Crippen molar-refractivity contribution in [2.75, 3.05) is 6.54 Å². The van der Waals surface area contributed by atoms with Crippen LogP contribution in [0.15, 0.2) is 6.33 Å². The highest BCUT2D eigenvalue weighted by Gasteiger charge is 2.15. The van der Waals surface area contributed by atoms with Crippen LogP contribution < -0.4 is 5.32 Å². The van der Waals surface area contributed by atoms with E-state index in [1.807, 2.05) is 0 Å². The Bertz CT molecular complexity index is 335.